The molecule has 1 aromatic heterocycles. The first kappa shape index (κ1) is 18.4. The summed E-state index contributed by atoms with van der Waals surface area (Å²) in [6, 6.07) is 1.80. The van der Waals surface area contributed by atoms with Crippen LogP contribution >= 0.6 is 23.7 Å². The number of halogens is 1. The number of piperazine rings is 1. The topological polar surface area (TPSA) is 95.7 Å². The molecule has 122 valence electrons. The standard InChI is InChI=1S/C13H18N4O3S.ClH/c14-7-11(18)15-8-12(19)16-2-4-17(5-3-16)13(20)10-1-6-21-9-10;/h1,6,9H,2-5,7-8,14H2,(H,15,18);1H. The first-order chi connectivity index (χ1) is 10.1. The molecule has 1 saturated heterocycles. The molecule has 0 bridgehead atoms. The van der Waals surface area contributed by atoms with Crippen molar-refractivity contribution in [3.63, 3.8) is 0 Å². The summed E-state index contributed by atoms with van der Waals surface area (Å²) < 4.78 is 0. The molecule has 2 rings (SSSR count). The van der Waals surface area contributed by atoms with Crippen molar-refractivity contribution in [1.82, 2.24) is 15.1 Å². The molecule has 3 amide bonds. The van der Waals surface area contributed by atoms with Gasteiger partial charge in [-0.25, -0.2) is 0 Å². The Hall–Kier alpha value is -1.64. The molecule has 0 aliphatic carbocycles. The molecule has 9 heteroatoms. The minimum absolute atomic E-state index is 0. The lowest BCUT2D eigenvalue weighted by atomic mass is 10.2. The van der Waals surface area contributed by atoms with Crippen molar-refractivity contribution in [1.29, 1.82) is 0 Å². The maximum absolute atomic E-state index is 12.1. The van der Waals surface area contributed by atoms with Crippen LogP contribution in [0.2, 0.25) is 0 Å². The third-order valence-corrected chi connectivity index (χ3v) is 3.99. The van der Waals surface area contributed by atoms with Crippen molar-refractivity contribution in [3.8, 4) is 0 Å². The fourth-order valence-electron chi connectivity index (χ4n) is 2.09. The van der Waals surface area contributed by atoms with E-state index >= 15 is 0 Å². The van der Waals surface area contributed by atoms with Gasteiger partial charge in [0.1, 0.15) is 0 Å². The molecule has 1 aliphatic heterocycles. The zero-order valence-corrected chi connectivity index (χ0v) is 13.6. The predicted octanol–water partition coefficient (Wildman–Crippen LogP) is -0.471. The summed E-state index contributed by atoms with van der Waals surface area (Å²) in [5, 5.41) is 6.14. The molecule has 1 aliphatic rings. The van der Waals surface area contributed by atoms with Gasteiger partial charge in [-0.2, -0.15) is 11.3 Å². The second kappa shape index (κ2) is 8.72. The van der Waals surface area contributed by atoms with Crippen molar-refractivity contribution in [2.75, 3.05) is 39.3 Å². The zero-order valence-electron chi connectivity index (χ0n) is 12.0. The third-order valence-electron chi connectivity index (χ3n) is 3.31. The maximum Gasteiger partial charge on any atom is 0.254 e. The fourth-order valence-corrected chi connectivity index (χ4v) is 2.72. The number of hydrogen-bond acceptors (Lipinski definition) is 5. The van der Waals surface area contributed by atoms with E-state index in [-0.39, 0.29) is 43.2 Å². The summed E-state index contributed by atoms with van der Waals surface area (Å²) in [4.78, 5) is 38.4. The number of thiophene rings is 1. The molecule has 0 radical (unpaired) electrons. The molecule has 3 N–H and O–H groups in total. The number of carbonyl (C=O) groups is 3. The van der Waals surface area contributed by atoms with Crippen LogP contribution in [0.5, 0.6) is 0 Å². The summed E-state index contributed by atoms with van der Waals surface area (Å²) in [5.41, 5.74) is 5.84. The summed E-state index contributed by atoms with van der Waals surface area (Å²) in [6.07, 6.45) is 0. The highest BCUT2D eigenvalue weighted by molar-refractivity contribution is 7.08. The van der Waals surface area contributed by atoms with E-state index in [2.05, 4.69) is 5.32 Å². The zero-order chi connectivity index (χ0) is 15.2. The second-order valence-electron chi connectivity index (χ2n) is 4.67. The normalized spacial score (nSPS) is 14.2. The maximum atomic E-state index is 12.1. The molecule has 22 heavy (non-hydrogen) atoms. The lowest BCUT2D eigenvalue weighted by Gasteiger charge is -2.34. The molecule has 0 aromatic carbocycles. The smallest absolute Gasteiger partial charge is 0.254 e. The molecule has 2 heterocycles. The number of rotatable bonds is 4. The highest BCUT2D eigenvalue weighted by Gasteiger charge is 2.24. The summed E-state index contributed by atoms with van der Waals surface area (Å²) in [5.74, 6) is -0.506. The Morgan fingerprint density at radius 3 is 2.36 bits per heavy atom. The highest BCUT2D eigenvalue weighted by atomic mass is 35.5. The minimum atomic E-state index is -0.352. The SMILES string of the molecule is Cl.NCC(=O)NCC(=O)N1CCN(C(=O)c2ccsc2)CC1. The lowest BCUT2D eigenvalue weighted by Crippen LogP contribution is -2.52. The molecular formula is C13H19ClN4O3S. The van der Waals surface area contributed by atoms with Crippen LogP contribution in [0.1, 0.15) is 10.4 Å². The van der Waals surface area contributed by atoms with Gasteiger partial charge in [0.05, 0.1) is 18.7 Å². The van der Waals surface area contributed by atoms with Crippen LogP contribution < -0.4 is 11.1 Å². The predicted molar refractivity (Wildman–Crippen MR) is 86.1 cm³/mol. The molecule has 0 unspecified atom stereocenters. The van der Waals surface area contributed by atoms with Crippen molar-refractivity contribution in [2.45, 2.75) is 0 Å². The van der Waals surface area contributed by atoms with E-state index in [1.54, 1.807) is 15.9 Å². The van der Waals surface area contributed by atoms with Crippen LogP contribution in [0.25, 0.3) is 0 Å². The van der Waals surface area contributed by atoms with Crippen molar-refractivity contribution >= 4 is 41.5 Å². The van der Waals surface area contributed by atoms with Crippen LogP contribution in [-0.2, 0) is 9.59 Å². The summed E-state index contributed by atoms with van der Waals surface area (Å²) >= 11 is 1.49. The van der Waals surface area contributed by atoms with Gasteiger partial charge in [0.15, 0.2) is 0 Å². The van der Waals surface area contributed by atoms with Gasteiger partial charge in [0, 0.05) is 31.6 Å². The van der Waals surface area contributed by atoms with Gasteiger partial charge in [-0.15, -0.1) is 12.4 Å². The third kappa shape index (κ3) is 4.69. The molecule has 1 aromatic rings. The number of carbonyl (C=O) groups excluding carboxylic acids is 3. The molecule has 0 atom stereocenters. The van der Waals surface area contributed by atoms with E-state index in [1.165, 1.54) is 11.3 Å². The van der Waals surface area contributed by atoms with E-state index in [4.69, 9.17) is 5.73 Å². The molecule has 0 saturated carbocycles. The average molecular weight is 347 g/mol. The van der Waals surface area contributed by atoms with E-state index in [1.807, 2.05) is 10.8 Å². The second-order valence-corrected chi connectivity index (χ2v) is 5.45. The van der Waals surface area contributed by atoms with Gasteiger partial charge in [-0.3, -0.25) is 14.4 Å². The fraction of sp³-hybridized carbons (Fsp3) is 0.462. The Morgan fingerprint density at radius 1 is 1.18 bits per heavy atom. The lowest BCUT2D eigenvalue weighted by molar-refractivity contribution is -0.133. The number of nitrogens with one attached hydrogen (secondary N) is 1. The van der Waals surface area contributed by atoms with Gasteiger partial charge in [0.25, 0.3) is 5.91 Å². The van der Waals surface area contributed by atoms with Crippen LogP contribution in [0, 0.1) is 0 Å². The molecular weight excluding hydrogens is 328 g/mol. The highest BCUT2D eigenvalue weighted by Crippen LogP contribution is 2.11. The van der Waals surface area contributed by atoms with E-state index in [0.29, 0.717) is 31.7 Å². The van der Waals surface area contributed by atoms with Crippen LogP contribution in [0.15, 0.2) is 16.8 Å². The number of nitrogens with two attached hydrogens (primary N) is 1. The monoisotopic (exact) mass is 346 g/mol. The first-order valence-electron chi connectivity index (χ1n) is 6.68. The summed E-state index contributed by atoms with van der Waals surface area (Å²) in [6.45, 7) is 1.79. The van der Waals surface area contributed by atoms with Gasteiger partial charge >= 0.3 is 0 Å². The average Bonchev–Trinajstić information content (AvgIpc) is 3.06. The number of hydrogen-bond donors (Lipinski definition) is 2. The van der Waals surface area contributed by atoms with E-state index in [0.717, 1.165) is 0 Å². The largest absolute Gasteiger partial charge is 0.346 e. The quantitative estimate of drug-likeness (QED) is 0.770. The Bertz CT molecular complexity index is 515. The van der Waals surface area contributed by atoms with Gasteiger partial charge in [0.2, 0.25) is 11.8 Å². The van der Waals surface area contributed by atoms with Gasteiger partial charge in [-0.1, -0.05) is 0 Å². The van der Waals surface area contributed by atoms with E-state index in [9.17, 15) is 14.4 Å². The van der Waals surface area contributed by atoms with Crippen LogP contribution in [0.4, 0.5) is 0 Å². The van der Waals surface area contributed by atoms with Crippen LogP contribution in [-0.4, -0.2) is 66.8 Å². The Morgan fingerprint density at radius 2 is 1.82 bits per heavy atom. The van der Waals surface area contributed by atoms with E-state index < -0.39 is 0 Å². The van der Waals surface area contributed by atoms with Gasteiger partial charge in [-0.05, 0) is 11.4 Å². The van der Waals surface area contributed by atoms with Crippen molar-refractivity contribution in [2.24, 2.45) is 5.73 Å². The molecule has 1 fully saturated rings. The minimum Gasteiger partial charge on any atom is -0.346 e. The van der Waals surface area contributed by atoms with Crippen LogP contribution in [0.3, 0.4) is 0 Å². The number of nitrogens with zero attached hydrogens (tertiary/aromatic N) is 2. The Balaban J connectivity index is 0.00000242. The first-order valence-corrected chi connectivity index (χ1v) is 7.62. The van der Waals surface area contributed by atoms with Gasteiger partial charge < -0.3 is 20.9 Å². The molecule has 7 nitrogen and oxygen atoms in total. The Kier molecular flexibility index (Phi) is 7.30. The van der Waals surface area contributed by atoms with Crippen molar-refractivity contribution < 1.29 is 14.4 Å². The Labute approximate surface area is 138 Å². The summed E-state index contributed by atoms with van der Waals surface area (Å²) in [7, 11) is 0. The molecule has 0 spiro atoms. The number of amides is 3. The van der Waals surface area contributed by atoms with Crippen molar-refractivity contribution in [3.05, 3.63) is 22.4 Å².